The van der Waals surface area contributed by atoms with Gasteiger partial charge in [-0.05, 0) is 34.6 Å². The molecule has 118 valence electrons. The molecule has 0 aromatic carbocycles. The van der Waals surface area contributed by atoms with Crippen LogP contribution in [0.1, 0.15) is 34.6 Å². The zero-order chi connectivity index (χ0) is 16.1. The summed E-state index contributed by atoms with van der Waals surface area (Å²) in [5, 5.41) is 30.2. The number of alkyl carbamates (subject to hydrolysis) is 1. The Labute approximate surface area is 118 Å². The molecule has 0 heterocycles. The van der Waals surface area contributed by atoms with Crippen LogP contribution in [0.5, 0.6) is 0 Å². The summed E-state index contributed by atoms with van der Waals surface area (Å²) in [6.07, 6.45) is -2.99. The molecule has 0 saturated heterocycles. The maximum Gasteiger partial charge on any atom is 0.408 e. The summed E-state index contributed by atoms with van der Waals surface area (Å²) in [5.41, 5.74) is -0.749. The molecule has 8 nitrogen and oxygen atoms in total. The summed E-state index contributed by atoms with van der Waals surface area (Å²) in [4.78, 5) is 23.8. The van der Waals surface area contributed by atoms with Crippen LogP contribution in [0.25, 0.3) is 0 Å². The second-order valence-electron chi connectivity index (χ2n) is 5.50. The van der Waals surface area contributed by atoms with E-state index >= 15 is 0 Å². The minimum Gasteiger partial charge on any atom is -0.480 e. The summed E-state index contributed by atoms with van der Waals surface area (Å²) >= 11 is 0. The van der Waals surface area contributed by atoms with Crippen molar-refractivity contribution in [3.8, 4) is 0 Å². The lowest BCUT2D eigenvalue weighted by Gasteiger charge is -2.31. The molecule has 3 atom stereocenters. The molecule has 0 aliphatic rings. The molecule has 0 aromatic rings. The maximum absolute atomic E-state index is 11.6. The molecule has 0 unspecified atom stereocenters. The van der Waals surface area contributed by atoms with E-state index in [0.29, 0.717) is 0 Å². The van der Waals surface area contributed by atoms with Gasteiger partial charge in [-0.25, -0.2) is 9.59 Å². The normalized spacial score (nSPS) is 16.4. The van der Waals surface area contributed by atoms with E-state index in [1.165, 1.54) is 13.8 Å². The van der Waals surface area contributed by atoms with E-state index in [-0.39, 0.29) is 6.54 Å². The lowest BCUT2D eigenvalue weighted by atomic mass is 10.2. The van der Waals surface area contributed by atoms with Crippen LogP contribution < -0.4 is 5.32 Å². The van der Waals surface area contributed by atoms with Crippen LogP contribution in [0.15, 0.2) is 0 Å². The standard InChI is InChI=1S/C12H24N2O6/c1-7(15)14(8(2)16)6-9(10(17)18)13-11(19)20-12(3,4)5/h7-9,15-16H,6H2,1-5H3,(H,13,19)(H,17,18)/t7-,8+,9-/m0/s1. The SMILES string of the molecule is C[C@H](O)N(C[C@H](NC(=O)OC(C)(C)C)C(=O)O)[C@@H](C)O. The Bertz CT molecular complexity index is 329. The first-order valence-corrected chi connectivity index (χ1v) is 6.28. The Morgan fingerprint density at radius 2 is 1.65 bits per heavy atom. The highest BCUT2D eigenvalue weighted by molar-refractivity contribution is 5.80. The van der Waals surface area contributed by atoms with Crippen molar-refractivity contribution in [2.45, 2.75) is 58.7 Å². The highest BCUT2D eigenvalue weighted by atomic mass is 16.6. The van der Waals surface area contributed by atoms with Gasteiger partial charge in [-0.3, -0.25) is 4.90 Å². The first-order chi connectivity index (χ1) is 8.94. The lowest BCUT2D eigenvalue weighted by Crippen LogP contribution is -2.53. The maximum atomic E-state index is 11.6. The monoisotopic (exact) mass is 292 g/mol. The molecule has 0 saturated carbocycles. The lowest BCUT2D eigenvalue weighted by molar-refractivity contribution is -0.143. The number of rotatable bonds is 6. The molecule has 20 heavy (non-hydrogen) atoms. The molecule has 8 heteroatoms. The van der Waals surface area contributed by atoms with E-state index in [2.05, 4.69) is 5.32 Å². The van der Waals surface area contributed by atoms with Crippen molar-refractivity contribution in [3.63, 3.8) is 0 Å². The second kappa shape index (κ2) is 7.41. The molecule has 0 spiro atoms. The number of aliphatic hydroxyl groups excluding tert-OH is 2. The van der Waals surface area contributed by atoms with E-state index in [0.717, 1.165) is 4.90 Å². The van der Waals surface area contributed by atoms with Gasteiger partial charge in [0.25, 0.3) is 0 Å². The molecular weight excluding hydrogens is 268 g/mol. The number of aliphatic carboxylic acids is 1. The van der Waals surface area contributed by atoms with Gasteiger partial charge in [-0.1, -0.05) is 0 Å². The zero-order valence-electron chi connectivity index (χ0n) is 12.5. The minimum absolute atomic E-state index is 0.260. The highest BCUT2D eigenvalue weighted by Gasteiger charge is 2.28. The largest absolute Gasteiger partial charge is 0.480 e. The fourth-order valence-corrected chi connectivity index (χ4v) is 1.46. The third-order valence-corrected chi connectivity index (χ3v) is 2.34. The molecule has 4 N–H and O–H groups in total. The number of carbonyl (C=O) groups excluding carboxylic acids is 1. The molecule has 0 radical (unpaired) electrons. The first kappa shape index (κ1) is 18.6. The van der Waals surface area contributed by atoms with E-state index in [4.69, 9.17) is 9.84 Å². The Hall–Kier alpha value is -1.38. The number of hydrogen-bond acceptors (Lipinski definition) is 6. The quantitative estimate of drug-likeness (QED) is 0.506. The van der Waals surface area contributed by atoms with Crippen LogP contribution in [0.3, 0.4) is 0 Å². The number of amides is 1. The van der Waals surface area contributed by atoms with Crippen molar-refractivity contribution < 1.29 is 29.6 Å². The average molecular weight is 292 g/mol. The number of aliphatic hydroxyl groups is 2. The second-order valence-corrected chi connectivity index (χ2v) is 5.50. The zero-order valence-corrected chi connectivity index (χ0v) is 12.5. The van der Waals surface area contributed by atoms with Crippen LogP contribution in [-0.2, 0) is 9.53 Å². The van der Waals surface area contributed by atoms with Crippen molar-refractivity contribution in [1.82, 2.24) is 10.2 Å². The van der Waals surface area contributed by atoms with Gasteiger partial charge in [0.05, 0.1) is 0 Å². The number of ether oxygens (including phenoxy) is 1. The van der Waals surface area contributed by atoms with Gasteiger partial charge in [0.15, 0.2) is 0 Å². The van der Waals surface area contributed by atoms with Crippen molar-refractivity contribution in [2.75, 3.05) is 6.54 Å². The van der Waals surface area contributed by atoms with Gasteiger partial charge in [0.2, 0.25) is 0 Å². The number of carboxylic acids is 1. The smallest absolute Gasteiger partial charge is 0.408 e. The van der Waals surface area contributed by atoms with Gasteiger partial charge in [-0.15, -0.1) is 0 Å². The predicted octanol–water partition coefficient (Wildman–Crippen LogP) is -0.0571. The van der Waals surface area contributed by atoms with Crippen molar-refractivity contribution >= 4 is 12.1 Å². The van der Waals surface area contributed by atoms with Crippen LogP contribution in [0.4, 0.5) is 4.79 Å². The van der Waals surface area contributed by atoms with Crippen molar-refractivity contribution in [2.24, 2.45) is 0 Å². The fourth-order valence-electron chi connectivity index (χ4n) is 1.46. The van der Waals surface area contributed by atoms with Gasteiger partial charge >= 0.3 is 12.1 Å². The topological polar surface area (TPSA) is 119 Å². The summed E-state index contributed by atoms with van der Waals surface area (Å²) in [5.74, 6) is -1.29. The van der Waals surface area contributed by atoms with E-state index in [9.17, 15) is 19.8 Å². The molecule has 0 aromatic heterocycles. The molecule has 0 rings (SSSR count). The summed E-state index contributed by atoms with van der Waals surface area (Å²) in [6.45, 7) is 7.48. The first-order valence-electron chi connectivity index (χ1n) is 6.28. The van der Waals surface area contributed by atoms with Gasteiger partial charge < -0.3 is 25.4 Å². The van der Waals surface area contributed by atoms with Crippen molar-refractivity contribution in [3.05, 3.63) is 0 Å². The molecule has 1 amide bonds. The van der Waals surface area contributed by atoms with Gasteiger partial charge in [-0.2, -0.15) is 0 Å². The van der Waals surface area contributed by atoms with E-state index in [1.54, 1.807) is 20.8 Å². The fraction of sp³-hybridized carbons (Fsp3) is 0.833. The Morgan fingerprint density at radius 1 is 1.20 bits per heavy atom. The number of nitrogens with one attached hydrogen (secondary N) is 1. The molecule has 0 aliphatic heterocycles. The number of hydrogen-bond donors (Lipinski definition) is 4. The minimum atomic E-state index is -1.31. The predicted molar refractivity (Wildman–Crippen MR) is 70.9 cm³/mol. The third kappa shape index (κ3) is 7.27. The Morgan fingerprint density at radius 3 is 1.95 bits per heavy atom. The van der Waals surface area contributed by atoms with E-state index in [1.807, 2.05) is 0 Å². The summed E-state index contributed by atoms with van der Waals surface area (Å²) in [6, 6.07) is -1.31. The van der Waals surface area contributed by atoms with E-state index < -0.39 is 36.2 Å². The molecule has 0 aliphatic carbocycles. The van der Waals surface area contributed by atoms with Crippen molar-refractivity contribution in [1.29, 1.82) is 0 Å². The Kier molecular flexibility index (Phi) is 6.90. The van der Waals surface area contributed by atoms with Crippen LogP contribution in [0, 0.1) is 0 Å². The molecular formula is C12H24N2O6. The average Bonchev–Trinajstić information content (AvgIpc) is 2.19. The summed E-state index contributed by atoms with van der Waals surface area (Å²) in [7, 11) is 0. The van der Waals surface area contributed by atoms with Crippen LogP contribution in [-0.4, -0.2) is 62.9 Å². The van der Waals surface area contributed by atoms with Crippen LogP contribution >= 0.6 is 0 Å². The van der Waals surface area contributed by atoms with Gasteiger partial charge in [0, 0.05) is 6.54 Å². The molecule has 0 bridgehead atoms. The Balaban J connectivity index is 4.74. The number of carbonyl (C=O) groups is 2. The number of nitrogens with zero attached hydrogens (tertiary/aromatic N) is 1. The highest BCUT2D eigenvalue weighted by Crippen LogP contribution is 2.08. The summed E-state index contributed by atoms with van der Waals surface area (Å²) < 4.78 is 4.96. The molecule has 0 fully saturated rings. The van der Waals surface area contributed by atoms with Crippen LogP contribution in [0.2, 0.25) is 0 Å². The third-order valence-electron chi connectivity index (χ3n) is 2.34. The van der Waals surface area contributed by atoms with Gasteiger partial charge in [0.1, 0.15) is 24.1 Å². The number of carboxylic acid groups (broad SMARTS) is 1.